The predicted molar refractivity (Wildman–Crippen MR) is 78.1 cm³/mol. The van der Waals surface area contributed by atoms with Gasteiger partial charge in [-0.05, 0) is 19.1 Å². The molecule has 0 fully saturated rings. The summed E-state index contributed by atoms with van der Waals surface area (Å²) >= 11 is 0. The van der Waals surface area contributed by atoms with Crippen LogP contribution in [0, 0.1) is 0 Å². The highest BCUT2D eigenvalue weighted by Crippen LogP contribution is 2.16. The van der Waals surface area contributed by atoms with E-state index in [1.165, 1.54) is 19.3 Å². The lowest BCUT2D eigenvalue weighted by atomic mass is 10.3. The maximum Gasteiger partial charge on any atom is 0.342 e. The number of rotatable bonds is 5. The number of hydrogen-bond acceptors (Lipinski definition) is 7. The molecular weight excluding hydrogens is 324 g/mol. The van der Waals surface area contributed by atoms with Crippen molar-refractivity contribution in [3.8, 4) is 0 Å². The molecule has 0 saturated carbocycles. The Hall–Kier alpha value is -2.75. The number of amides is 1. The van der Waals surface area contributed by atoms with Gasteiger partial charge in [-0.2, -0.15) is 13.5 Å². The van der Waals surface area contributed by atoms with E-state index in [0.717, 1.165) is 10.9 Å². The third-order valence-corrected chi connectivity index (χ3v) is 4.21. The van der Waals surface area contributed by atoms with E-state index in [-0.39, 0.29) is 17.9 Å². The van der Waals surface area contributed by atoms with Gasteiger partial charge < -0.3 is 4.74 Å². The van der Waals surface area contributed by atoms with Crippen LogP contribution in [0.5, 0.6) is 0 Å². The van der Waals surface area contributed by atoms with Gasteiger partial charge in [-0.3, -0.25) is 14.5 Å². The summed E-state index contributed by atoms with van der Waals surface area (Å²) in [6, 6.07) is 4.49. The zero-order valence-corrected chi connectivity index (χ0v) is 13.2. The average molecular weight is 338 g/mol. The number of esters is 1. The molecule has 0 radical (unpaired) electrons. The van der Waals surface area contributed by atoms with Crippen molar-refractivity contribution in [3.05, 3.63) is 41.9 Å². The highest BCUT2D eigenvalue weighted by molar-refractivity contribution is 7.90. The van der Waals surface area contributed by atoms with Gasteiger partial charge >= 0.3 is 5.97 Å². The zero-order chi connectivity index (χ0) is 17.0. The molecular formula is C13H14N4O5S. The molecule has 0 aliphatic heterocycles. The number of nitrogens with zero attached hydrogens (tertiary/aromatic N) is 3. The lowest BCUT2D eigenvalue weighted by molar-refractivity contribution is 0.0521. The number of aryl methyl sites for hydroxylation is 1. The van der Waals surface area contributed by atoms with Crippen LogP contribution in [-0.2, 0) is 21.8 Å². The summed E-state index contributed by atoms with van der Waals surface area (Å²) in [7, 11) is -2.99. The van der Waals surface area contributed by atoms with Gasteiger partial charge in [0.25, 0.3) is 15.9 Å². The molecule has 0 aromatic carbocycles. The highest BCUT2D eigenvalue weighted by atomic mass is 32.2. The van der Waals surface area contributed by atoms with Crippen LogP contribution in [0.15, 0.2) is 35.6 Å². The Bertz CT molecular complexity index is 829. The molecule has 9 nitrogen and oxygen atoms in total. The standard InChI is InChI=1S/C13H14N4O5S/c1-3-22-13(19)9-8-15-17(2)12(9)23(20,21)16-11(18)10-6-4-5-7-14-10/h4-8H,3H2,1-2H3,(H,16,18). The molecule has 0 saturated heterocycles. The van der Waals surface area contributed by atoms with Gasteiger partial charge in [-0.15, -0.1) is 0 Å². The second-order valence-corrected chi connectivity index (χ2v) is 5.95. The first-order chi connectivity index (χ1) is 10.9. The number of ether oxygens (including phenoxy) is 1. The van der Waals surface area contributed by atoms with E-state index in [4.69, 9.17) is 4.74 Å². The number of carbonyl (C=O) groups excluding carboxylic acids is 2. The number of nitrogens with one attached hydrogen (secondary N) is 1. The Morgan fingerprint density at radius 1 is 1.35 bits per heavy atom. The van der Waals surface area contributed by atoms with E-state index in [1.807, 2.05) is 4.72 Å². The number of carbonyl (C=O) groups is 2. The normalized spacial score (nSPS) is 11.0. The summed E-state index contributed by atoms with van der Waals surface area (Å²) in [5.74, 6) is -1.76. The summed E-state index contributed by atoms with van der Waals surface area (Å²) in [4.78, 5) is 27.6. The van der Waals surface area contributed by atoms with Crippen LogP contribution in [0.4, 0.5) is 0 Å². The molecule has 1 amide bonds. The minimum Gasteiger partial charge on any atom is -0.462 e. The fourth-order valence-corrected chi connectivity index (χ4v) is 3.08. The molecule has 0 spiro atoms. The molecule has 2 heterocycles. The van der Waals surface area contributed by atoms with Crippen LogP contribution >= 0.6 is 0 Å². The van der Waals surface area contributed by atoms with Crippen molar-refractivity contribution < 1.29 is 22.7 Å². The van der Waals surface area contributed by atoms with Gasteiger partial charge in [0.2, 0.25) is 0 Å². The monoisotopic (exact) mass is 338 g/mol. The number of pyridine rings is 1. The molecule has 0 bridgehead atoms. The number of hydrogen-bond donors (Lipinski definition) is 1. The number of sulfonamides is 1. The van der Waals surface area contributed by atoms with Crippen LogP contribution < -0.4 is 4.72 Å². The maximum absolute atomic E-state index is 12.4. The van der Waals surface area contributed by atoms with Crippen LogP contribution in [0.25, 0.3) is 0 Å². The minimum absolute atomic E-state index is 0.0732. The van der Waals surface area contributed by atoms with Gasteiger partial charge in [-0.1, -0.05) is 6.07 Å². The van der Waals surface area contributed by atoms with Crippen molar-refractivity contribution in [1.82, 2.24) is 19.5 Å². The topological polar surface area (TPSA) is 120 Å². The second kappa shape index (κ2) is 6.57. The lowest BCUT2D eigenvalue weighted by Gasteiger charge is -2.08. The Labute approximate surface area is 132 Å². The summed E-state index contributed by atoms with van der Waals surface area (Å²) in [5, 5.41) is 3.28. The largest absolute Gasteiger partial charge is 0.462 e. The molecule has 2 aromatic rings. The lowest BCUT2D eigenvalue weighted by Crippen LogP contribution is -2.33. The minimum atomic E-state index is -4.33. The molecule has 2 rings (SSSR count). The molecule has 2 aromatic heterocycles. The van der Waals surface area contributed by atoms with Gasteiger partial charge in [0.15, 0.2) is 5.03 Å². The Kier molecular flexibility index (Phi) is 4.74. The van der Waals surface area contributed by atoms with Gasteiger partial charge in [0, 0.05) is 13.2 Å². The fourth-order valence-electron chi connectivity index (χ4n) is 1.81. The summed E-state index contributed by atoms with van der Waals surface area (Å²) < 4.78 is 32.4. The van der Waals surface area contributed by atoms with E-state index in [9.17, 15) is 18.0 Å². The SMILES string of the molecule is CCOC(=O)c1cnn(C)c1S(=O)(=O)NC(=O)c1ccccn1. The van der Waals surface area contributed by atoms with E-state index in [0.29, 0.717) is 0 Å². The van der Waals surface area contributed by atoms with Crippen molar-refractivity contribution in [3.63, 3.8) is 0 Å². The first kappa shape index (κ1) is 16.6. The molecule has 23 heavy (non-hydrogen) atoms. The Morgan fingerprint density at radius 2 is 2.09 bits per heavy atom. The number of aromatic nitrogens is 3. The van der Waals surface area contributed by atoms with Crippen LogP contribution in [-0.4, -0.2) is 41.7 Å². The van der Waals surface area contributed by atoms with Crippen molar-refractivity contribution in [2.45, 2.75) is 11.9 Å². The highest BCUT2D eigenvalue weighted by Gasteiger charge is 2.30. The van der Waals surface area contributed by atoms with Crippen molar-refractivity contribution in [2.75, 3.05) is 6.61 Å². The van der Waals surface area contributed by atoms with Gasteiger partial charge in [0.05, 0.1) is 12.8 Å². The van der Waals surface area contributed by atoms with Crippen LogP contribution in [0.1, 0.15) is 27.8 Å². The van der Waals surface area contributed by atoms with Crippen molar-refractivity contribution in [1.29, 1.82) is 0 Å². The quantitative estimate of drug-likeness (QED) is 0.768. The summed E-state index contributed by atoms with van der Waals surface area (Å²) in [5.41, 5.74) is -0.327. The molecule has 0 aliphatic rings. The van der Waals surface area contributed by atoms with Crippen LogP contribution in [0.2, 0.25) is 0 Å². The zero-order valence-electron chi connectivity index (χ0n) is 12.4. The van der Waals surface area contributed by atoms with Crippen molar-refractivity contribution in [2.24, 2.45) is 7.05 Å². The van der Waals surface area contributed by atoms with Crippen molar-refractivity contribution >= 4 is 21.9 Å². The van der Waals surface area contributed by atoms with E-state index in [1.54, 1.807) is 19.1 Å². The molecule has 0 atom stereocenters. The molecule has 0 aliphatic carbocycles. The molecule has 0 unspecified atom stereocenters. The van der Waals surface area contributed by atoms with Gasteiger partial charge in [0.1, 0.15) is 11.3 Å². The van der Waals surface area contributed by atoms with E-state index >= 15 is 0 Å². The first-order valence-electron chi connectivity index (χ1n) is 6.54. The molecule has 1 N–H and O–H groups in total. The maximum atomic E-state index is 12.4. The Balaban J connectivity index is 2.35. The Morgan fingerprint density at radius 3 is 2.70 bits per heavy atom. The third kappa shape index (κ3) is 3.54. The molecule has 10 heteroatoms. The van der Waals surface area contributed by atoms with Crippen LogP contribution in [0.3, 0.4) is 0 Å². The van der Waals surface area contributed by atoms with E-state index < -0.39 is 26.9 Å². The second-order valence-electron chi connectivity index (χ2n) is 4.36. The third-order valence-electron chi connectivity index (χ3n) is 2.76. The van der Waals surface area contributed by atoms with E-state index in [2.05, 4.69) is 10.1 Å². The summed E-state index contributed by atoms with van der Waals surface area (Å²) in [6.07, 6.45) is 2.42. The molecule has 122 valence electrons. The fraction of sp³-hybridized carbons (Fsp3) is 0.231. The van der Waals surface area contributed by atoms with Gasteiger partial charge in [-0.25, -0.2) is 9.52 Å². The first-order valence-corrected chi connectivity index (χ1v) is 8.02. The summed E-state index contributed by atoms with van der Waals surface area (Å²) in [6.45, 7) is 1.67. The smallest absolute Gasteiger partial charge is 0.342 e. The predicted octanol–water partition coefficient (Wildman–Crippen LogP) is 0.110. The average Bonchev–Trinajstić information content (AvgIpc) is 2.91.